The van der Waals surface area contributed by atoms with E-state index in [1.54, 1.807) is 0 Å². The van der Waals surface area contributed by atoms with Crippen molar-refractivity contribution in [3.05, 3.63) is 6.92 Å². The minimum absolute atomic E-state index is 0. The number of hydrogen-bond acceptors (Lipinski definition) is 3. The van der Waals surface area contributed by atoms with E-state index < -0.39 is 19.9 Å². The fourth-order valence-corrected chi connectivity index (χ4v) is 0. The summed E-state index contributed by atoms with van der Waals surface area (Å²) >= 11 is 0. The van der Waals surface area contributed by atoms with Gasteiger partial charge in [0.1, 0.15) is 0 Å². The van der Waals surface area contributed by atoms with E-state index in [0.717, 1.165) is 0 Å². The molecular weight excluding hydrogens is 191 g/mol. The molecule has 0 amide bonds. The van der Waals surface area contributed by atoms with Crippen molar-refractivity contribution in [2.24, 2.45) is 0 Å². The van der Waals surface area contributed by atoms with Crippen LogP contribution in [0.25, 0.3) is 0 Å². The minimum Gasteiger partial charge on any atom is -0.402 e. The van der Waals surface area contributed by atoms with E-state index in [2.05, 4.69) is 6.92 Å². The third-order valence-corrected chi connectivity index (χ3v) is 0.283. The van der Waals surface area contributed by atoms with Crippen LogP contribution in [-0.4, -0.2) is 28.6 Å². The number of rotatable bonds is 0. The second-order valence-corrected chi connectivity index (χ2v) is 1.21. The Hall–Kier alpha value is 1.37. The van der Waals surface area contributed by atoms with Crippen molar-refractivity contribution in [1.82, 2.24) is 0 Å². The molecule has 3 N–H and O–H groups in total. The Morgan fingerprint density at radius 3 is 1.27 bits per heavy atom. The molecule has 0 aliphatic carbocycles. The van der Waals surface area contributed by atoms with Gasteiger partial charge in [-0.1, -0.05) is 6.42 Å². The molecule has 0 saturated carbocycles. The van der Waals surface area contributed by atoms with E-state index >= 15 is 0 Å². The summed E-state index contributed by atoms with van der Waals surface area (Å²) in [6, 6.07) is 0. The van der Waals surface area contributed by atoms with Gasteiger partial charge in [-0.05, 0) is 0 Å². The number of hydrogen-bond donors (Lipinski definition) is 3. The van der Waals surface area contributed by atoms with Gasteiger partial charge in [0.15, 0.2) is 0 Å². The van der Waals surface area contributed by atoms with Crippen LogP contribution in [0.15, 0.2) is 0 Å². The van der Waals surface area contributed by atoms with Crippen LogP contribution in [0.5, 0.6) is 0 Å². The molecule has 0 saturated heterocycles. The maximum atomic E-state index is 10.7. The molecule has 11 heavy (non-hydrogen) atoms. The molecule has 0 aromatic carbocycles. The summed E-state index contributed by atoms with van der Waals surface area (Å²) in [5.41, 5.74) is 0. The fourth-order valence-electron chi connectivity index (χ4n) is 0. The van der Waals surface area contributed by atoms with E-state index in [0.29, 0.717) is 0 Å². The second-order valence-electron chi connectivity index (χ2n) is 1.21. The average molecular weight is 198 g/mol. The predicted octanol–water partition coefficient (Wildman–Crippen LogP) is -3.27. The van der Waals surface area contributed by atoms with Crippen molar-refractivity contribution in [2.45, 2.75) is 12.6 Å². The summed E-state index contributed by atoms with van der Waals surface area (Å²) in [7, 11) is -2.17. The van der Waals surface area contributed by atoms with Crippen molar-refractivity contribution in [3.8, 4) is 0 Å². The quantitative estimate of drug-likeness (QED) is 0.282. The Bertz CT molecular complexity index is 76.0. The van der Waals surface area contributed by atoms with E-state index in [4.69, 9.17) is 15.1 Å². The molecule has 0 aromatic rings. The average Bonchev–Trinajstić information content (AvgIpc) is 1.63. The van der Waals surface area contributed by atoms with Crippen LogP contribution >= 0.6 is 0 Å². The monoisotopic (exact) mass is 198 g/mol. The second kappa shape index (κ2) is 9.46. The third-order valence-electron chi connectivity index (χ3n) is 0.283. The van der Waals surface area contributed by atoms with Gasteiger partial charge in [0, 0.05) is 0 Å². The first-order chi connectivity index (χ1) is 4.29. The zero-order valence-electron chi connectivity index (χ0n) is 5.97. The fraction of sp³-hybridized carbons (Fsp3) is 0.667. The Morgan fingerprint density at radius 1 is 1.18 bits per heavy atom. The van der Waals surface area contributed by atoms with Crippen molar-refractivity contribution in [1.29, 1.82) is 0 Å². The van der Waals surface area contributed by atoms with Crippen LogP contribution in [0, 0.1) is 6.92 Å². The Labute approximate surface area is 105 Å². The SMILES string of the molecule is OB(O)O.[CH2-]CC(F)(F)F.[K+]. The van der Waals surface area contributed by atoms with Crippen LogP contribution in [-0.2, 0) is 0 Å². The molecule has 0 heterocycles. The van der Waals surface area contributed by atoms with Gasteiger partial charge in [0.2, 0.25) is 0 Å². The van der Waals surface area contributed by atoms with Gasteiger partial charge in [0.25, 0.3) is 0 Å². The topological polar surface area (TPSA) is 60.7 Å². The van der Waals surface area contributed by atoms with E-state index in [9.17, 15) is 13.2 Å². The molecule has 0 bridgehead atoms. The third kappa shape index (κ3) is 52.3. The van der Waals surface area contributed by atoms with Crippen LogP contribution in [0.2, 0.25) is 0 Å². The van der Waals surface area contributed by atoms with E-state index in [1.165, 1.54) is 0 Å². The summed E-state index contributed by atoms with van der Waals surface area (Å²) in [5, 5.41) is 21.5. The number of alkyl halides is 3. The van der Waals surface area contributed by atoms with Crippen LogP contribution in [0.4, 0.5) is 13.2 Å². The van der Waals surface area contributed by atoms with Gasteiger partial charge in [-0.15, -0.1) is 0 Å². The summed E-state index contributed by atoms with van der Waals surface area (Å²) in [5.74, 6) is 0. The van der Waals surface area contributed by atoms with Crippen molar-refractivity contribution in [2.75, 3.05) is 0 Å². The maximum absolute atomic E-state index is 10.7. The molecule has 62 valence electrons. The van der Waals surface area contributed by atoms with Crippen molar-refractivity contribution >= 4 is 7.32 Å². The van der Waals surface area contributed by atoms with E-state index in [-0.39, 0.29) is 51.4 Å². The first kappa shape index (κ1) is 18.2. The molecule has 8 heteroatoms. The molecule has 0 aliphatic heterocycles. The molecule has 3 nitrogen and oxygen atoms in total. The molecule has 0 unspecified atom stereocenters. The summed E-state index contributed by atoms with van der Waals surface area (Å²) in [6.45, 7) is 2.63. The van der Waals surface area contributed by atoms with Gasteiger partial charge < -0.3 is 22.0 Å². The zero-order valence-corrected chi connectivity index (χ0v) is 9.09. The molecule has 0 fully saturated rings. The molecule has 0 spiro atoms. The summed E-state index contributed by atoms with van der Waals surface area (Å²) in [6.07, 6.45) is -5.05. The van der Waals surface area contributed by atoms with Gasteiger partial charge in [-0.3, -0.25) is 0 Å². The summed E-state index contributed by atoms with van der Waals surface area (Å²) < 4.78 is 32.2. The maximum Gasteiger partial charge on any atom is 1.00 e. The standard InChI is InChI=1S/C3H4F3.BH3O3.K/c1-2-3(4,5)6;2-1(3)4;/h1-2H2;2-4H;/q-1;;+1. The molecule has 0 atom stereocenters. The number of halogens is 3. The molecule has 0 aromatic heterocycles. The first-order valence-electron chi connectivity index (χ1n) is 2.20. The normalized spacial score (nSPS) is 9.00. The van der Waals surface area contributed by atoms with Crippen LogP contribution in [0.3, 0.4) is 0 Å². The molecule has 0 radical (unpaired) electrons. The van der Waals surface area contributed by atoms with E-state index in [1.807, 2.05) is 0 Å². The van der Waals surface area contributed by atoms with Crippen molar-refractivity contribution < 1.29 is 79.6 Å². The van der Waals surface area contributed by atoms with Gasteiger partial charge >= 0.3 is 64.9 Å². The molecule has 0 aliphatic rings. The van der Waals surface area contributed by atoms with Gasteiger partial charge in [-0.2, -0.15) is 13.2 Å². The Kier molecular flexibility index (Phi) is 15.7. The van der Waals surface area contributed by atoms with Crippen molar-refractivity contribution in [3.63, 3.8) is 0 Å². The smallest absolute Gasteiger partial charge is 0.402 e. The summed E-state index contributed by atoms with van der Waals surface area (Å²) in [4.78, 5) is 0. The van der Waals surface area contributed by atoms with Gasteiger partial charge in [-0.25, -0.2) is 0 Å². The Morgan fingerprint density at radius 2 is 1.27 bits per heavy atom. The van der Waals surface area contributed by atoms with Crippen LogP contribution < -0.4 is 51.4 Å². The van der Waals surface area contributed by atoms with Gasteiger partial charge in [0.05, 0.1) is 0 Å². The first-order valence-corrected chi connectivity index (χ1v) is 2.20. The Balaban J connectivity index is -0.000000114. The van der Waals surface area contributed by atoms with Crippen LogP contribution in [0.1, 0.15) is 6.42 Å². The molecule has 0 rings (SSSR count). The molecular formula is C3H7BF3KO3. The predicted molar refractivity (Wildman–Crippen MR) is 28.4 cm³/mol. The largest absolute Gasteiger partial charge is 1.00 e. The zero-order chi connectivity index (χ0) is 8.78. The minimum atomic E-state index is -4.07.